The predicted octanol–water partition coefficient (Wildman–Crippen LogP) is 1.33. The second-order valence-corrected chi connectivity index (χ2v) is 5.68. The van der Waals surface area contributed by atoms with E-state index in [2.05, 4.69) is 44.3 Å². The zero-order chi connectivity index (χ0) is 15.2. The number of aliphatic hydroxyl groups is 1. The highest BCUT2D eigenvalue weighted by Crippen LogP contribution is 2.19. The van der Waals surface area contributed by atoms with Gasteiger partial charge in [-0.2, -0.15) is 15.0 Å². The first-order valence-electron chi connectivity index (χ1n) is 7.76. The van der Waals surface area contributed by atoms with E-state index in [0.717, 1.165) is 19.6 Å². The Bertz CT molecular complexity index is 447. The highest BCUT2D eigenvalue weighted by Gasteiger charge is 2.19. The molecule has 1 atom stereocenters. The lowest BCUT2D eigenvalue weighted by atomic mass is 10.1. The maximum absolute atomic E-state index is 9.45. The first-order chi connectivity index (χ1) is 10.1. The first-order valence-corrected chi connectivity index (χ1v) is 7.76. The lowest BCUT2D eigenvalue weighted by molar-refractivity contribution is 0.248. The van der Waals surface area contributed by atoms with Gasteiger partial charge in [0.05, 0.1) is 12.6 Å². The average molecular weight is 294 g/mol. The van der Waals surface area contributed by atoms with Gasteiger partial charge in [0.25, 0.3) is 0 Å². The van der Waals surface area contributed by atoms with Crippen molar-refractivity contribution in [3.63, 3.8) is 0 Å². The van der Waals surface area contributed by atoms with Crippen LogP contribution in [-0.4, -0.2) is 52.3 Å². The van der Waals surface area contributed by atoms with Crippen molar-refractivity contribution in [2.45, 2.75) is 39.7 Å². The Kier molecular flexibility index (Phi) is 5.55. The number of rotatable bonds is 7. The summed E-state index contributed by atoms with van der Waals surface area (Å²) in [5.74, 6) is 2.11. The van der Waals surface area contributed by atoms with Crippen LogP contribution in [0, 0.1) is 5.92 Å². The second kappa shape index (κ2) is 7.40. The van der Waals surface area contributed by atoms with E-state index in [9.17, 15) is 5.11 Å². The number of aliphatic hydroxyl groups excluding tert-OH is 1. The molecule has 1 aromatic rings. The Labute approximate surface area is 126 Å². The summed E-state index contributed by atoms with van der Waals surface area (Å²) in [7, 11) is 0. The first kappa shape index (κ1) is 15.8. The molecule has 1 saturated heterocycles. The molecule has 1 unspecified atom stereocenters. The van der Waals surface area contributed by atoms with Gasteiger partial charge in [0.1, 0.15) is 0 Å². The minimum atomic E-state index is -0.0618. The Morgan fingerprint density at radius 2 is 1.81 bits per heavy atom. The molecule has 118 valence electrons. The van der Waals surface area contributed by atoms with Gasteiger partial charge in [0.15, 0.2) is 0 Å². The molecular formula is C14H26N6O. The summed E-state index contributed by atoms with van der Waals surface area (Å²) in [5.41, 5.74) is 0. The summed E-state index contributed by atoms with van der Waals surface area (Å²) in [5, 5.41) is 15.8. The number of hydrogen-bond acceptors (Lipinski definition) is 7. The normalized spacial score (nSPS) is 16.3. The zero-order valence-electron chi connectivity index (χ0n) is 13.1. The molecule has 21 heavy (non-hydrogen) atoms. The summed E-state index contributed by atoms with van der Waals surface area (Å²) >= 11 is 0. The summed E-state index contributed by atoms with van der Waals surface area (Å²) in [6.07, 6.45) is 2.35. The van der Waals surface area contributed by atoms with Crippen molar-refractivity contribution >= 4 is 17.8 Å². The van der Waals surface area contributed by atoms with Crippen molar-refractivity contribution in [2.24, 2.45) is 5.92 Å². The second-order valence-electron chi connectivity index (χ2n) is 5.68. The predicted molar refractivity (Wildman–Crippen MR) is 84.8 cm³/mol. The maximum atomic E-state index is 9.45. The Hall–Kier alpha value is -1.63. The summed E-state index contributed by atoms with van der Waals surface area (Å²) in [4.78, 5) is 15.5. The van der Waals surface area contributed by atoms with E-state index in [-0.39, 0.29) is 12.6 Å². The van der Waals surface area contributed by atoms with Crippen molar-refractivity contribution in [3.8, 4) is 0 Å². The van der Waals surface area contributed by atoms with Gasteiger partial charge in [0, 0.05) is 19.6 Å². The fourth-order valence-electron chi connectivity index (χ4n) is 2.31. The van der Waals surface area contributed by atoms with Crippen LogP contribution in [0.4, 0.5) is 17.8 Å². The van der Waals surface area contributed by atoms with Crippen LogP contribution in [0.25, 0.3) is 0 Å². The maximum Gasteiger partial charge on any atom is 0.231 e. The molecule has 0 radical (unpaired) electrons. The molecule has 0 aromatic carbocycles. The number of nitrogens with zero attached hydrogens (tertiary/aromatic N) is 4. The van der Waals surface area contributed by atoms with Crippen LogP contribution in [0.15, 0.2) is 0 Å². The summed E-state index contributed by atoms with van der Waals surface area (Å²) in [6, 6.07) is -0.0618. The van der Waals surface area contributed by atoms with E-state index >= 15 is 0 Å². The SMILES string of the molecule is CCNc1nc(NC(CO)C(C)C)nc(N2CCCC2)n1. The van der Waals surface area contributed by atoms with Crippen LogP contribution in [0.3, 0.4) is 0 Å². The van der Waals surface area contributed by atoms with E-state index in [1.165, 1.54) is 12.8 Å². The minimum Gasteiger partial charge on any atom is -0.394 e. The van der Waals surface area contributed by atoms with Crippen molar-refractivity contribution < 1.29 is 5.11 Å². The van der Waals surface area contributed by atoms with Gasteiger partial charge in [-0.15, -0.1) is 0 Å². The zero-order valence-corrected chi connectivity index (χ0v) is 13.1. The van der Waals surface area contributed by atoms with Crippen LogP contribution < -0.4 is 15.5 Å². The van der Waals surface area contributed by atoms with Crippen LogP contribution in [0.2, 0.25) is 0 Å². The molecule has 0 aliphatic carbocycles. The summed E-state index contributed by atoms with van der Waals surface area (Å²) in [6.45, 7) is 8.92. The number of nitrogens with one attached hydrogen (secondary N) is 2. The number of aromatic nitrogens is 3. The van der Waals surface area contributed by atoms with Gasteiger partial charge < -0.3 is 20.6 Å². The van der Waals surface area contributed by atoms with Crippen molar-refractivity contribution in [2.75, 3.05) is 41.8 Å². The molecule has 1 aliphatic heterocycles. The number of hydrogen-bond donors (Lipinski definition) is 3. The van der Waals surface area contributed by atoms with Gasteiger partial charge in [0.2, 0.25) is 17.8 Å². The van der Waals surface area contributed by atoms with Crippen LogP contribution >= 0.6 is 0 Å². The van der Waals surface area contributed by atoms with Crippen LogP contribution in [0.1, 0.15) is 33.6 Å². The van der Waals surface area contributed by atoms with Crippen LogP contribution in [0.5, 0.6) is 0 Å². The van der Waals surface area contributed by atoms with Crippen molar-refractivity contribution in [1.82, 2.24) is 15.0 Å². The molecule has 0 bridgehead atoms. The molecule has 0 amide bonds. The molecule has 2 rings (SSSR count). The fraction of sp³-hybridized carbons (Fsp3) is 0.786. The van der Waals surface area contributed by atoms with Crippen molar-refractivity contribution in [1.29, 1.82) is 0 Å². The fourth-order valence-corrected chi connectivity index (χ4v) is 2.31. The smallest absolute Gasteiger partial charge is 0.231 e. The van der Waals surface area contributed by atoms with E-state index in [0.29, 0.717) is 23.8 Å². The molecule has 1 aromatic heterocycles. The van der Waals surface area contributed by atoms with Gasteiger partial charge in [-0.3, -0.25) is 0 Å². The molecule has 0 saturated carbocycles. The van der Waals surface area contributed by atoms with E-state index < -0.39 is 0 Å². The highest BCUT2D eigenvalue weighted by atomic mass is 16.3. The largest absolute Gasteiger partial charge is 0.394 e. The van der Waals surface area contributed by atoms with Gasteiger partial charge >= 0.3 is 0 Å². The van der Waals surface area contributed by atoms with Crippen molar-refractivity contribution in [3.05, 3.63) is 0 Å². The van der Waals surface area contributed by atoms with E-state index in [1.54, 1.807) is 0 Å². The average Bonchev–Trinajstić information content (AvgIpc) is 2.99. The minimum absolute atomic E-state index is 0.0545. The summed E-state index contributed by atoms with van der Waals surface area (Å²) < 4.78 is 0. The molecule has 1 aliphatic rings. The Morgan fingerprint density at radius 3 is 2.38 bits per heavy atom. The van der Waals surface area contributed by atoms with E-state index in [4.69, 9.17) is 0 Å². The molecule has 7 heteroatoms. The van der Waals surface area contributed by atoms with Gasteiger partial charge in [-0.25, -0.2) is 0 Å². The molecule has 0 spiro atoms. The Balaban J connectivity index is 2.22. The quantitative estimate of drug-likeness (QED) is 0.699. The van der Waals surface area contributed by atoms with E-state index in [1.807, 2.05) is 6.92 Å². The molecular weight excluding hydrogens is 268 g/mol. The van der Waals surface area contributed by atoms with Gasteiger partial charge in [-0.1, -0.05) is 13.8 Å². The standard InChI is InChI=1S/C14H26N6O/c1-4-15-12-17-13(16-11(9-21)10(2)3)19-14(18-12)20-7-5-6-8-20/h10-11,21H,4-9H2,1-3H3,(H2,15,16,17,18,19). The molecule has 1 fully saturated rings. The lowest BCUT2D eigenvalue weighted by Gasteiger charge is -2.22. The third kappa shape index (κ3) is 4.17. The third-order valence-electron chi connectivity index (χ3n) is 3.66. The highest BCUT2D eigenvalue weighted by molar-refractivity contribution is 5.44. The molecule has 7 nitrogen and oxygen atoms in total. The number of anilines is 3. The monoisotopic (exact) mass is 294 g/mol. The molecule has 3 N–H and O–H groups in total. The molecule has 2 heterocycles. The third-order valence-corrected chi connectivity index (χ3v) is 3.66. The lowest BCUT2D eigenvalue weighted by Crippen LogP contribution is -2.31. The Morgan fingerprint density at radius 1 is 1.14 bits per heavy atom. The van der Waals surface area contributed by atoms with Gasteiger partial charge in [-0.05, 0) is 25.7 Å². The topological polar surface area (TPSA) is 86.2 Å². The van der Waals surface area contributed by atoms with Crippen LogP contribution in [-0.2, 0) is 0 Å².